The fourth-order valence-electron chi connectivity index (χ4n) is 0.998. The van der Waals surface area contributed by atoms with Crippen molar-refractivity contribution in [1.29, 1.82) is 0 Å². The van der Waals surface area contributed by atoms with Gasteiger partial charge in [-0.25, -0.2) is 0 Å². The number of aromatic nitrogens is 1. The standard InChI is InChI=1S/C8H8ClF3N2/c9-6-1-5(3-14-4-6)7(13)2-8(10,11)12/h1,3-4,7H,2,13H2/t7-/m1/s1. The fourth-order valence-corrected chi connectivity index (χ4v) is 1.18. The molecule has 1 heterocycles. The Hall–Kier alpha value is -0.810. The highest BCUT2D eigenvalue weighted by Crippen LogP contribution is 2.28. The molecule has 0 aliphatic heterocycles. The number of hydrogen-bond acceptors (Lipinski definition) is 2. The minimum atomic E-state index is -4.28. The van der Waals surface area contributed by atoms with E-state index in [9.17, 15) is 13.2 Å². The van der Waals surface area contributed by atoms with Crippen molar-refractivity contribution in [3.05, 3.63) is 29.0 Å². The van der Waals surface area contributed by atoms with Crippen LogP contribution in [-0.4, -0.2) is 11.2 Å². The molecule has 1 rings (SSSR count). The molecule has 0 spiro atoms. The zero-order chi connectivity index (χ0) is 10.8. The molecule has 1 atom stereocenters. The number of hydrogen-bond donors (Lipinski definition) is 1. The summed E-state index contributed by atoms with van der Waals surface area (Å²) < 4.78 is 35.9. The predicted octanol–water partition coefficient (Wildman–Crippen LogP) is 2.69. The molecule has 2 N–H and O–H groups in total. The van der Waals surface area contributed by atoms with Gasteiger partial charge in [0, 0.05) is 18.4 Å². The van der Waals surface area contributed by atoms with Crippen LogP contribution in [0.1, 0.15) is 18.0 Å². The molecule has 0 saturated carbocycles. The van der Waals surface area contributed by atoms with E-state index in [1.807, 2.05) is 0 Å². The third kappa shape index (κ3) is 3.51. The summed E-state index contributed by atoms with van der Waals surface area (Å²) in [5, 5.41) is 0.278. The van der Waals surface area contributed by atoms with Crippen LogP contribution in [0.3, 0.4) is 0 Å². The van der Waals surface area contributed by atoms with Gasteiger partial charge in [-0.3, -0.25) is 4.98 Å². The molecular formula is C8H8ClF3N2. The maximum absolute atomic E-state index is 12.0. The Labute approximate surface area is 83.9 Å². The van der Waals surface area contributed by atoms with Gasteiger partial charge in [0.25, 0.3) is 0 Å². The quantitative estimate of drug-likeness (QED) is 0.839. The van der Waals surface area contributed by atoms with Gasteiger partial charge in [-0.1, -0.05) is 11.6 Å². The van der Waals surface area contributed by atoms with E-state index in [1.54, 1.807) is 0 Å². The number of pyridine rings is 1. The Balaban J connectivity index is 2.74. The number of alkyl halides is 3. The normalized spacial score (nSPS) is 14.1. The second kappa shape index (κ2) is 4.14. The lowest BCUT2D eigenvalue weighted by atomic mass is 10.1. The molecule has 6 heteroatoms. The molecule has 0 bridgehead atoms. The first-order chi connectivity index (χ1) is 6.38. The molecule has 2 nitrogen and oxygen atoms in total. The van der Waals surface area contributed by atoms with Crippen molar-refractivity contribution < 1.29 is 13.2 Å². The van der Waals surface area contributed by atoms with Gasteiger partial charge < -0.3 is 5.73 Å². The van der Waals surface area contributed by atoms with Crippen LogP contribution >= 0.6 is 11.6 Å². The zero-order valence-corrected chi connectivity index (χ0v) is 7.81. The highest BCUT2D eigenvalue weighted by molar-refractivity contribution is 6.30. The molecule has 0 aliphatic carbocycles. The Morgan fingerprint density at radius 2 is 2.07 bits per heavy atom. The van der Waals surface area contributed by atoms with Gasteiger partial charge in [0.15, 0.2) is 0 Å². The monoisotopic (exact) mass is 224 g/mol. The average molecular weight is 225 g/mol. The van der Waals surface area contributed by atoms with Crippen molar-refractivity contribution in [2.45, 2.75) is 18.6 Å². The van der Waals surface area contributed by atoms with Gasteiger partial charge in [-0.2, -0.15) is 13.2 Å². The Bertz CT molecular complexity index is 314. The highest BCUT2D eigenvalue weighted by Gasteiger charge is 2.30. The zero-order valence-electron chi connectivity index (χ0n) is 7.05. The second-order valence-electron chi connectivity index (χ2n) is 2.86. The number of halogens is 4. The van der Waals surface area contributed by atoms with Gasteiger partial charge in [0.1, 0.15) is 0 Å². The Kier molecular flexibility index (Phi) is 3.34. The smallest absolute Gasteiger partial charge is 0.324 e. The first-order valence-electron chi connectivity index (χ1n) is 3.81. The maximum Gasteiger partial charge on any atom is 0.390 e. The molecule has 1 aromatic heterocycles. The van der Waals surface area contributed by atoms with Crippen LogP contribution in [0.25, 0.3) is 0 Å². The second-order valence-corrected chi connectivity index (χ2v) is 3.30. The minimum absolute atomic E-state index is 0.278. The number of rotatable bonds is 2. The molecule has 0 aliphatic rings. The van der Waals surface area contributed by atoms with E-state index in [0.717, 1.165) is 0 Å². The maximum atomic E-state index is 12.0. The number of nitrogens with zero attached hydrogens (tertiary/aromatic N) is 1. The van der Waals surface area contributed by atoms with Crippen LogP contribution in [0, 0.1) is 0 Å². The van der Waals surface area contributed by atoms with Crippen LogP contribution in [-0.2, 0) is 0 Å². The van der Waals surface area contributed by atoms with Crippen LogP contribution in [0.4, 0.5) is 13.2 Å². The topological polar surface area (TPSA) is 38.9 Å². The van der Waals surface area contributed by atoms with E-state index < -0.39 is 18.6 Å². The number of nitrogens with two attached hydrogens (primary N) is 1. The fraction of sp³-hybridized carbons (Fsp3) is 0.375. The lowest BCUT2D eigenvalue weighted by Crippen LogP contribution is -2.20. The predicted molar refractivity (Wildman–Crippen MR) is 46.8 cm³/mol. The summed E-state index contributed by atoms with van der Waals surface area (Å²) in [6, 6.07) is 0.270. The average Bonchev–Trinajstić information content (AvgIpc) is 2.01. The molecule has 0 amide bonds. The van der Waals surface area contributed by atoms with Gasteiger partial charge in [0.2, 0.25) is 0 Å². The Morgan fingerprint density at radius 1 is 1.43 bits per heavy atom. The van der Waals surface area contributed by atoms with Crippen LogP contribution in [0.2, 0.25) is 5.02 Å². The van der Waals surface area contributed by atoms with Crippen molar-refractivity contribution in [1.82, 2.24) is 4.98 Å². The van der Waals surface area contributed by atoms with Crippen LogP contribution in [0.5, 0.6) is 0 Å². The summed E-state index contributed by atoms with van der Waals surface area (Å²) in [6.07, 6.45) is -2.73. The minimum Gasteiger partial charge on any atom is -0.324 e. The van der Waals surface area contributed by atoms with E-state index >= 15 is 0 Å². The van der Waals surface area contributed by atoms with E-state index in [1.165, 1.54) is 18.5 Å². The largest absolute Gasteiger partial charge is 0.390 e. The summed E-state index contributed by atoms with van der Waals surface area (Å²) in [6.45, 7) is 0. The summed E-state index contributed by atoms with van der Waals surface area (Å²) in [7, 11) is 0. The molecule has 0 unspecified atom stereocenters. The molecule has 0 aromatic carbocycles. The van der Waals surface area contributed by atoms with Gasteiger partial charge in [-0.15, -0.1) is 0 Å². The summed E-state index contributed by atoms with van der Waals surface area (Å²) in [4.78, 5) is 3.66. The molecule has 14 heavy (non-hydrogen) atoms. The van der Waals surface area contributed by atoms with Crippen molar-refractivity contribution in [3.63, 3.8) is 0 Å². The van der Waals surface area contributed by atoms with E-state index in [0.29, 0.717) is 0 Å². The molecule has 0 fully saturated rings. The SMILES string of the molecule is N[C@H](CC(F)(F)F)c1cncc(Cl)c1. The summed E-state index contributed by atoms with van der Waals surface area (Å²) in [5.41, 5.74) is 5.62. The molecule has 78 valence electrons. The third-order valence-electron chi connectivity index (χ3n) is 1.61. The Morgan fingerprint density at radius 3 is 2.57 bits per heavy atom. The lowest BCUT2D eigenvalue weighted by molar-refractivity contribution is -0.138. The van der Waals surface area contributed by atoms with Crippen LogP contribution in [0.15, 0.2) is 18.5 Å². The molecule has 0 saturated heterocycles. The lowest BCUT2D eigenvalue weighted by Gasteiger charge is -2.13. The molecular weight excluding hydrogens is 217 g/mol. The van der Waals surface area contributed by atoms with Crippen molar-refractivity contribution >= 4 is 11.6 Å². The van der Waals surface area contributed by atoms with E-state index in [4.69, 9.17) is 17.3 Å². The summed E-state index contributed by atoms with van der Waals surface area (Å²) >= 11 is 5.56. The van der Waals surface area contributed by atoms with E-state index in [-0.39, 0.29) is 10.6 Å². The van der Waals surface area contributed by atoms with Crippen molar-refractivity contribution in [2.24, 2.45) is 5.73 Å². The highest BCUT2D eigenvalue weighted by atomic mass is 35.5. The first kappa shape index (κ1) is 11.3. The first-order valence-corrected chi connectivity index (χ1v) is 4.19. The summed E-state index contributed by atoms with van der Waals surface area (Å²) in [5.74, 6) is 0. The third-order valence-corrected chi connectivity index (χ3v) is 1.81. The van der Waals surface area contributed by atoms with Gasteiger partial charge in [-0.05, 0) is 11.6 Å². The van der Waals surface area contributed by atoms with Gasteiger partial charge in [0.05, 0.1) is 11.4 Å². The van der Waals surface area contributed by atoms with Gasteiger partial charge >= 0.3 is 6.18 Å². The van der Waals surface area contributed by atoms with Crippen LogP contribution < -0.4 is 5.73 Å². The van der Waals surface area contributed by atoms with Crippen molar-refractivity contribution in [3.8, 4) is 0 Å². The molecule has 1 aromatic rings. The van der Waals surface area contributed by atoms with E-state index in [2.05, 4.69) is 4.98 Å². The van der Waals surface area contributed by atoms with Crippen molar-refractivity contribution in [2.75, 3.05) is 0 Å². The molecule has 0 radical (unpaired) electrons.